The Kier molecular flexibility index (Phi) is 3.70. The molecule has 0 N–H and O–H groups in total. The number of hydrogen-bond acceptors (Lipinski definition) is 5. The molecule has 0 spiro atoms. The fourth-order valence-electron chi connectivity index (χ4n) is 3.00. The molecule has 4 rings (SSSR count). The van der Waals surface area contributed by atoms with Crippen molar-refractivity contribution in [2.24, 2.45) is 0 Å². The van der Waals surface area contributed by atoms with Crippen molar-refractivity contribution < 1.29 is 13.2 Å². The average molecular weight is 348 g/mol. The number of hydrogen-bond donors (Lipinski definition) is 0. The average Bonchev–Trinajstić information content (AvgIpc) is 3.10. The summed E-state index contributed by atoms with van der Waals surface area (Å²) in [5, 5.41) is 7.96. The molecular formula is C16H15F3N6. The van der Waals surface area contributed by atoms with Gasteiger partial charge in [0.1, 0.15) is 18.0 Å². The molecule has 0 aliphatic carbocycles. The van der Waals surface area contributed by atoms with Crippen LogP contribution in [-0.4, -0.2) is 45.8 Å². The Labute approximate surface area is 141 Å². The first-order chi connectivity index (χ1) is 12.0. The lowest BCUT2D eigenvalue weighted by atomic mass is 10.2. The van der Waals surface area contributed by atoms with E-state index >= 15 is 0 Å². The Morgan fingerprint density at radius 3 is 2.36 bits per heavy atom. The van der Waals surface area contributed by atoms with Gasteiger partial charge in [0.25, 0.3) is 0 Å². The molecule has 130 valence electrons. The Bertz CT molecular complexity index is 865. The summed E-state index contributed by atoms with van der Waals surface area (Å²) >= 11 is 0. The van der Waals surface area contributed by atoms with Gasteiger partial charge < -0.3 is 9.80 Å². The van der Waals surface area contributed by atoms with Gasteiger partial charge in [-0.2, -0.15) is 13.2 Å². The monoisotopic (exact) mass is 348 g/mol. The molecule has 0 bridgehead atoms. The van der Waals surface area contributed by atoms with Gasteiger partial charge in [0, 0.05) is 32.4 Å². The van der Waals surface area contributed by atoms with Crippen LogP contribution in [0.25, 0.3) is 5.65 Å². The smallest absolute Gasteiger partial charge is 0.354 e. The first-order valence-corrected chi connectivity index (χ1v) is 7.84. The molecule has 1 aliphatic rings. The van der Waals surface area contributed by atoms with Gasteiger partial charge >= 0.3 is 6.18 Å². The predicted molar refractivity (Wildman–Crippen MR) is 86.7 cm³/mol. The standard InChI is InChI=1S/C16H15F3N6/c17-16(18,19)12-4-5-13(20-10-12)23-6-8-24(9-7-23)15-3-1-2-14-22-21-11-25(14)15/h1-5,10-11H,6-9H2. The molecule has 0 radical (unpaired) electrons. The predicted octanol–water partition coefficient (Wildman–Crippen LogP) is 2.47. The summed E-state index contributed by atoms with van der Waals surface area (Å²) in [6, 6.07) is 8.33. The van der Waals surface area contributed by atoms with Gasteiger partial charge in [-0.15, -0.1) is 10.2 Å². The number of alkyl halides is 3. The molecule has 0 aromatic carbocycles. The molecule has 0 atom stereocenters. The number of piperazine rings is 1. The summed E-state index contributed by atoms with van der Waals surface area (Å²) in [5.74, 6) is 1.57. The van der Waals surface area contributed by atoms with Crippen molar-refractivity contribution in [2.75, 3.05) is 36.0 Å². The lowest BCUT2D eigenvalue weighted by molar-refractivity contribution is -0.137. The van der Waals surface area contributed by atoms with Crippen LogP contribution < -0.4 is 9.80 Å². The zero-order valence-corrected chi connectivity index (χ0v) is 13.2. The highest BCUT2D eigenvalue weighted by Crippen LogP contribution is 2.29. The second-order valence-electron chi connectivity index (χ2n) is 5.82. The first-order valence-electron chi connectivity index (χ1n) is 7.84. The van der Waals surface area contributed by atoms with Crippen molar-refractivity contribution in [2.45, 2.75) is 6.18 Å². The number of halogens is 3. The minimum atomic E-state index is -4.36. The molecule has 0 amide bonds. The highest BCUT2D eigenvalue weighted by Gasteiger charge is 2.31. The summed E-state index contributed by atoms with van der Waals surface area (Å²) in [4.78, 5) is 8.16. The van der Waals surface area contributed by atoms with Crippen LogP contribution in [0.3, 0.4) is 0 Å². The number of pyridine rings is 2. The van der Waals surface area contributed by atoms with Crippen LogP contribution in [0, 0.1) is 0 Å². The van der Waals surface area contributed by atoms with E-state index in [1.807, 2.05) is 27.5 Å². The van der Waals surface area contributed by atoms with Crippen molar-refractivity contribution in [3.05, 3.63) is 48.4 Å². The molecule has 1 saturated heterocycles. The number of anilines is 2. The molecule has 1 aliphatic heterocycles. The fraction of sp³-hybridized carbons (Fsp3) is 0.312. The van der Waals surface area contributed by atoms with E-state index in [9.17, 15) is 13.2 Å². The van der Waals surface area contributed by atoms with Crippen molar-refractivity contribution in [3.8, 4) is 0 Å². The molecular weight excluding hydrogens is 333 g/mol. The number of fused-ring (bicyclic) bond motifs is 1. The summed E-state index contributed by atoms with van der Waals surface area (Å²) < 4.78 is 39.8. The molecule has 0 unspecified atom stereocenters. The van der Waals surface area contributed by atoms with E-state index in [0.717, 1.165) is 36.8 Å². The summed E-state index contributed by atoms with van der Waals surface area (Å²) in [6.45, 7) is 2.83. The molecule has 3 aromatic rings. The third-order valence-electron chi connectivity index (χ3n) is 4.31. The van der Waals surface area contributed by atoms with Crippen molar-refractivity contribution in [3.63, 3.8) is 0 Å². The molecule has 1 fully saturated rings. The lowest BCUT2D eigenvalue weighted by Gasteiger charge is -2.36. The Hall–Kier alpha value is -2.84. The normalized spacial score (nSPS) is 15.8. The molecule has 9 heteroatoms. The van der Waals surface area contributed by atoms with Crippen LogP contribution in [0.2, 0.25) is 0 Å². The molecule has 4 heterocycles. The van der Waals surface area contributed by atoms with E-state index < -0.39 is 11.7 Å². The van der Waals surface area contributed by atoms with Crippen LogP contribution in [0.15, 0.2) is 42.9 Å². The first kappa shape index (κ1) is 15.7. The van der Waals surface area contributed by atoms with Gasteiger partial charge in [-0.1, -0.05) is 6.07 Å². The van der Waals surface area contributed by atoms with E-state index in [-0.39, 0.29) is 0 Å². The Morgan fingerprint density at radius 2 is 1.68 bits per heavy atom. The third-order valence-corrected chi connectivity index (χ3v) is 4.31. The van der Waals surface area contributed by atoms with Crippen LogP contribution >= 0.6 is 0 Å². The van der Waals surface area contributed by atoms with E-state index in [0.29, 0.717) is 18.9 Å². The van der Waals surface area contributed by atoms with E-state index in [4.69, 9.17) is 0 Å². The van der Waals surface area contributed by atoms with Gasteiger partial charge in [0.05, 0.1) is 5.56 Å². The van der Waals surface area contributed by atoms with Gasteiger partial charge in [-0.3, -0.25) is 4.40 Å². The van der Waals surface area contributed by atoms with Gasteiger partial charge in [-0.05, 0) is 24.3 Å². The van der Waals surface area contributed by atoms with E-state index in [1.165, 1.54) is 6.07 Å². The number of rotatable bonds is 2. The van der Waals surface area contributed by atoms with Crippen LogP contribution in [0.5, 0.6) is 0 Å². The van der Waals surface area contributed by atoms with Crippen molar-refractivity contribution in [1.82, 2.24) is 19.6 Å². The second kappa shape index (κ2) is 5.91. The van der Waals surface area contributed by atoms with Crippen molar-refractivity contribution >= 4 is 17.3 Å². The highest BCUT2D eigenvalue weighted by atomic mass is 19.4. The fourth-order valence-corrected chi connectivity index (χ4v) is 3.00. The van der Waals surface area contributed by atoms with Gasteiger partial charge in [0.15, 0.2) is 5.65 Å². The van der Waals surface area contributed by atoms with E-state index in [1.54, 1.807) is 6.33 Å². The minimum Gasteiger partial charge on any atom is -0.354 e. The van der Waals surface area contributed by atoms with Gasteiger partial charge in [0.2, 0.25) is 0 Å². The second-order valence-corrected chi connectivity index (χ2v) is 5.82. The van der Waals surface area contributed by atoms with Crippen LogP contribution in [0.1, 0.15) is 5.56 Å². The molecule has 3 aromatic heterocycles. The van der Waals surface area contributed by atoms with E-state index in [2.05, 4.69) is 20.1 Å². The number of aromatic nitrogens is 4. The molecule has 6 nitrogen and oxygen atoms in total. The minimum absolute atomic E-state index is 0.565. The summed E-state index contributed by atoms with van der Waals surface area (Å²) in [7, 11) is 0. The largest absolute Gasteiger partial charge is 0.417 e. The SMILES string of the molecule is FC(F)(F)c1ccc(N2CCN(c3cccc4nncn34)CC2)nc1. The highest BCUT2D eigenvalue weighted by molar-refractivity contribution is 5.52. The number of nitrogens with zero attached hydrogens (tertiary/aromatic N) is 6. The lowest BCUT2D eigenvalue weighted by Crippen LogP contribution is -2.47. The zero-order valence-electron chi connectivity index (χ0n) is 13.2. The summed E-state index contributed by atoms with van der Waals surface area (Å²) in [6.07, 6.45) is -1.80. The quantitative estimate of drug-likeness (QED) is 0.712. The summed E-state index contributed by atoms with van der Waals surface area (Å²) in [5.41, 5.74) is 0.0542. The molecule has 25 heavy (non-hydrogen) atoms. The maximum Gasteiger partial charge on any atom is 0.417 e. The maximum absolute atomic E-state index is 12.6. The van der Waals surface area contributed by atoms with Crippen LogP contribution in [-0.2, 0) is 6.18 Å². The Balaban J connectivity index is 1.47. The zero-order chi connectivity index (χ0) is 17.4. The Morgan fingerprint density at radius 1 is 0.920 bits per heavy atom. The van der Waals surface area contributed by atoms with Gasteiger partial charge in [-0.25, -0.2) is 4.98 Å². The third kappa shape index (κ3) is 2.97. The van der Waals surface area contributed by atoms with Crippen LogP contribution in [0.4, 0.5) is 24.8 Å². The molecule has 0 saturated carbocycles. The topological polar surface area (TPSA) is 49.6 Å². The maximum atomic E-state index is 12.6. The van der Waals surface area contributed by atoms with Crippen molar-refractivity contribution in [1.29, 1.82) is 0 Å².